The molecule has 0 aromatic heterocycles. The van der Waals surface area contributed by atoms with Crippen LogP contribution in [0.1, 0.15) is 64.2 Å². The molecule has 1 atom stereocenters. The van der Waals surface area contributed by atoms with Gasteiger partial charge in [0.2, 0.25) is 5.91 Å². The fourth-order valence-electron chi connectivity index (χ4n) is 2.40. The lowest BCUT2D eigenvalue weighted by Gasteiger charge is -2.15. The van der Waals surface area contributed by atoms with Gasteiger partial charge in [-0.15, -0.1) is 0 Å². The fraction of sp³-hybridized carbons (Fsp3) is 0.737. The number of unbranched alkanes of at least 4 members (excludes halogenated alkanes) is 6. The van der Waals surface area contributed by atoms with Gasteiger partial charge in [-0.2, -0.15) is 0 Å². The first-order chi connectivity index (χ1) is 12.5. The van der Waals surface area contributed by atoms with Crippen molar-refractivity contribution < 1.29 is 23.9 Å². The standard InChI is InChI=1S/C19H34N2O5/c1-25-18(23)15-16(19(24)26-2)21-17(22)13-11-9-7-5-3-4-6-8-10-12-14-20/h4,6,16H,3,5,7-15,20H2,1-2H3,(H,21,22)/b6-4-. The van der Waals surface area contributed by atoms with E-state index in [4.69, 9.17) is 5.73 Å². The van der Waals surface area contributed by atoms with E-state index >= 15 is 0 Å². The van der Waals surface area contributed by atoms with Gasteiger partial charge in [-0.3, -0.25) is 9.59 Å². The minimum absolute atomic E-state index is 0.230. The van der Waals surface area contributed by atoms with Crippen LogP contribution in [0.2, 0.25) is 0 Å². The highest BCUT2D eigenvalue weighted by atomic mass is 16.5. The Morgan fingerprint density at radius 3 is 2.12 bits per heavy atom. The molecule has 3 N–H and O–H groups in total. The zero-order valence-corrected chi connectivity index (χ0v) is 16.1. The Morgan fingerprint density at radius 2 is 1.54 bits per heavy atom. The third-order valence-electron chi connectivity index (χ3n) is 3.94. The Kier molecular flexibility index (Phi) is 15.4. The third kappa shape index (κ3) is 13.4. The van der Waals surface area contributed by atoms with Crippen LogP contribution >= 0.6 is 0 Å². The van der Waals surface area contributed by atoms with Gasteiger partial charge in [-0.25, -0.2) is 4.79 Å². The molecule has 0 spiro atoms. The predicted molar refractivity (Wildman–Crippen MR) is 100 cm³/mol. The van der Waals surface area contributed by atoms with Crippen LogP contribution in [0.3, 0.4) is 0 Å². The maximum Gasteiger partial charge on any atom is 0.328 e. The van der Waals surface area contributed by atoms with Crippen molar-refractivity contribution in [3.63, 3.8) is 0 Å². The van der Waals surface area contributed by atoms with Crippen molar-refractivity contribution in [3.05, 3.63) is 12.2 Å². The molecular formula is C19H34N2O5. The normalized spacial score (nSPS) is 12.0. The van der Waals surface area contributed by atoms with Crippen molar-refractivity contribution in [1.82, 2.24) is 5.32 Å². The smallest absolute Gasteiger partial charge is 0.328 e. The van der Waals surface area contributed by atoms with Crippen LogP contribution in [-0.4, -0.2) is 44.7 Å². The van der Waals surface area contributed by atoms with E-state index in [-0.39, 0.29) is 12.3 Å². The number of nitrogens with two attached hydrogens (primary N) is 1. The lowest BCUT2D eigenvalue weighted by molar-refractivity contribution is -0.150. The number of rotatable bonds is 15. The molecule has 0 fully saturated rings. The third-order valence-corrected chi connectivity index (χ3v) is 3.94. The molecule has 0 saturated carbocycles. The van der Waals surface area contributed by atoms with Crippen molar-refractivity contribution in [1.29, 1.82) is 0 Å². The second-order valence-electron chi connectivity index (χ2n) is 6.13. The van der Waals surface area contributed by atoms with Gasteiger partial charge in [0.05, 0.1) is 20.6 Å². The number of hydrogen-bond donors (Lipinski definition) is 2. The number of methoxy groups -OCH3 is 2. The number of ether oxygens (including phenoxy) is 2. The van der Waals surface area contributed by atoms with Crippen LogP contribution in [0, 0.1) is 0 Å². The van der Waals surface area contributed by atoms with Crippen LogP contribution in [0.4, 0.5) is 0 Å². The molecule has 7 heteroatoms. The van der Waals surface area contributed by atoms with Crippen molar-refractivity contribution in [3.8, 4) is 0 Å². The van der Waals surface area contributed by atoms with Crippen LogP contribution in [-0.2, 0) is 23.9 Å². The SMILES string of the molecule is COC(=O)CC(NC(=O)CCCCCC/C=C\CCCCN)C(=O)OC. The van der Waals surface area contributed by atoms with E-state index in [0.29, 0.717) is 6.42 Å². The summed E-state index contributed by atoms with van der Waals surface area (Å²) in [5.74, 6) is -1.48. The Labute approximate surface area is 156 Å². The molecule has 1 unspecified atom stereocenters. The molecule has 7 nitrogen and oxygen atoms in total. The zero-order valence-electron chi connectivity index (χ0n) is 16.1. The quantitative estimate of drug-likeness (QED) is 0.260. The number of nitrogens with one attached hydrogen (secondary N) is 1. The van der Waals surface area contributed by atoms with Gasteiger partial charge in [-0.1, -0.05) is 25.0 Å². The molecule has 0 bridgehead atoms. The molecule has 0 aliphatic rings. The number of esters is 2. The molecule has 0 saturated heterocycles. The first-order valence-corrected chi connectivity index (χ1v) is 9.34. The maximum atomic E-state index is 11.9. The van der Waals surface area contributed by atoms with Crippen molar-refractivity contribution in [2.24, 2.45) is 5.73 Å². The molecule has 0 aliphatic carbocycles. The van der Waals surface area contributed by atoms with Crippen molar-refractivity contribution >= 4 is 17.8 Å². The summed E-state index contributed by atoms with van der Waals surface area (Å²) < 4.78 is 9.12. The molecule has 0 heterocycles. The van der Waals surface area contributed by atoms with Crippen LogP contribution in [0.5, 0.6) is 0 Å². The largest absolute Gasteiger partial charge is 0.469 e. The minimum Gasteiger partial charge on any atom is -0.469 e. The van der Waals surface area contributed by atoms with Crippen molar-refractivity contribution in [2.75, 3.05) is 20.8 Å². The monoisotopic (exact) mass is 370 g/mol. The second-order valence-corrected chi connectivity index (χ2v) is 6.13. The first kappa shape index (κ1) is 24.1. The average Bonchev–Trinajstić information content (AvgIpc) is 2.64. The predicted octanol–water partition coefficient (Wildman–Crippen LogP) is 2.23. The summed E-state index contributed by atoms with van der Waals surface area (Å²) in [4.78, 5) is 34.8. The topological polar surface area (TPSA) is 108 Å². The fourth-order valence-corrected chi connectivity index (χ4v) is 2.40. The Hall–Kier alpha value is -1.89. The molecule has 0 radical (unpaired) electrons. The number of allylic oxidation sites excluding steroid dienone is 2. The number of amides is 1. The highest BCUT2D eigenvalue weighted by Crippen LogP contribution is 2.07. The van der Waals surface area contributed by atoms with Gasteiger partial charge in [0.15, 0.2) is 0 Å². The summed E-state index contributed by atoms with van der Waals surface area (Å²) in [6.45, 7) is 0.754. The Balaban J connectivity index is 3.82. The molecule has 0 aromatic carbocycles. The maximum absolute atomic E-state index is 11.9. The molecule has 0 rings (SSSR count). The average molecular weight is 370 g/mol. The summed E-state index contributed by atoms with van der Waals surface area (Å²) in [5.41, 5.74) is 5.44. The lowest BCUT2D eigenvalue weighted by atomic mass is 10.1. The number of carbonyl (C=O) groups is 3. The van der Waals surface area contributed by atoms with E-state index in [0.717, 1.165) is 57.9 Å². The highest BCUT2D eigenvalue weighted by Gasteiger charge is 2.24. The molecular weight excluding hydrogens is 336 g/mol. The summed E-state index contributed by atoms with van der Waals surface area (Å²) >= 11 is 0. The summed E-state index contributed by atoms with van der Waals surface area (Å²) in [6.07, 6.45) is 12.7. The summed E-state index contributed by atoms with van der Waals surface area (Å²) in [7, 11) is 2.44. The van der Waals surface area contributed by atoms with E-state index in [1.165, 1.54) is 14.2 Å². The number of hydrogen-bond acceptors (Lipinski definition) is 6. The minimum atomic E-state index is -0.996. The van der Waals surface area contributed by atoms with Gasteiger partial charge < -0.3 is 20.5 Å². The Bertz CT molecular complexity index is 438. The van der Waals surface area contributed by atoms with E-state index in [2.05, 4.69) is 26.9 Å². The molecule has 0 aliphatic heterocycles. The van der Waals surface area contributed by atoms with E-state index in [1.54, 1.807) is 0 Å². The van der Waals surface area contributed by atoms with Gasteiger partial charge >= 0.3 is 11.9 Å². The molecule has 26 heavy (non-hydrogen) atoms. The zero-order chi connectivity index (χ0) is 19.6. The molecule has 150 valence electrons. The van der Waals surface area contributed by atoms with E-state index in [1.807, 2.05) is 0 Å². The molecule has 1 amide bonds. The van der Waals surface area contributed by atoms with E-state index < -0.39 is 18.0 Å². The first-order valence-electron chi connectivity index (χ1n) is 9.34. The van der Waals surface area contributed by atoms with Gasteiger partial charge in [0.25, 0.3) is 0 Å². The lowest BCUT2D eigenvalue weighted by Crippen LogP contribution is -2.43. The highest BCUT2D eigenvalue weighted by molar-refractivity contribution is 5.87. The number of carbonyl (C=O) groups excluding carboxylic acids is 3. The Morgan fingerprint density at radius 1 is 0.923 bits per heavy atom. The van der Waals surface area contributed by atoms with E-state index in [9.17, 15) is 14.4 Å². The van der Waals surface area contributed by atoms with Crippen LogP contribution in [0.15, 0.2) is 12.2 Å². The molecule has 0 aromatic rings. The van der Waals surface area contributed by atoms with Crippen molar-refractivity contribution in [2.45, 2.75) is 70.3 Å². The van der Waals surface area contributed by atoms with Gasteiger partial charge in [0, 0.05) is 6.42 Å². The van der Waals surface area contributed by atoms with Gasteiger partial charge in [-0.05, 0) is 45.1 Å². The summed E-state index contributed by atoms with van der Waals surface area (Å²) in [5, 5.41) is 2.53. The summed E-state index contributed by atoms with van der Waals surface area (Å²) in [6, 6.07) is -0.996. The van der Waals surface area contributed by atoms with Gasteiger partial charge in [0.1, 0.15) is 6.04 Å². The van der Waals surface area contributed by atoms with Crippen LogP contribution < -0.4 is 11.1 Å². The second kappa shape index (κ2) is 16.6. The van der Waals surface area contributed by atoms with Crippen LogP contribution in [0.25, 0.3) is 0 Å².